The Morgan fingerprint density at radius 3 is 2.54 bits per heavy atom. The molecule has 0 bridgehead atoms. The topological polar surface area (TPSA) is 74.0 Å². The molecule has 0 aliphatic heterocycles. The lowest BCUT2D eigenvalue weighted by Gasteiger charge is -2.12. The average molecular weight is 375 g/mol. The quantitative estimate of drug-likeness (QED) is 0.613. The van der Waals surface area contributed by atoms with Gasteiger partial charge in [0.15, 0.2) is 0 Å². The molecule has 0 radical (unpaired) electrons. The highest BCUT2D eigenvalue weighted by Crippen LogP contribution is 2.19. The van der Waals surface area contributed by atoms with Gasteiger partial charge in [-0.3, -0.25) is 9.59 Å². The molecule has 1 aliphatic carbocycles. The Morgan fingerprint density at radius 1 is 0.964 bits per heavy atom. The number of H-pyrrole nitrogens is 1. The summed E-state index contributed by atoms with van der Waals surface area (Å²) < 4.78 is 0. The lowest BCUT2D eigenvalue weighted by atomic mass is 10.1. The minimum Gasteiger partial charge on any atom is -0.361 e. The van der Waals surface area contributed by atoms with Crippen molar-refractivity contribution in [1.29, 1.82) is 0 Å². The standard InChI is InChI=1S/C23H25N3O2/c27-22(24-13-12-18-15-25-21-11-4-3-10-20(18)21)16-6-5-7-17(14-16)23(28)26-19-8-1-2-9-19/h3-7,10-11,14-15,19,25H,1-2,8-9,12-13H2,(H,24,27)(H,26,28). The number of fused-ring (bicyclic) bond motifs is 1. The van der Waals surface area contributed by atoms with Gasteiger partial charge < -0.3 is 15.6 Å². The molecule has 0 saturated heterocycles. The third-order valence-corrected chi connectivity index (χ3v) is 5.43. The first kappa shape index (κ1) is 18.3. The minimum absolute atomic E-state index is 0.0969. The van der Waals surface area contributed by atoms with Crippen molar-refractivity contribution in [2.24, 2.45) is 0 Å². The monoisotopic (exact) mass is 375 g/mol. The van der Waals surface area contributed by atoms with Crippen LogP contribution in [0.2, 0.25) is 0 Å². The van der Waals surface area contributed by atoms with Crippen LogP contribution in [0.4, 0.5) is 0 Å². The third kappa shape index (κ3) is 4.09. The van der Waals surface area contributed by atoms with Gasteiger partial charge in [-0.2, -0.15) is 0 Å². The molecule has 0 atom stereocenters. The van der Waals surface area contributed by atoms with Gasteiger partial charge in [-0.25, -0.2) is 0 Å². The van der Waals surface area contributed by atoms with Gasteiger partial charge >= 0.3 is 0 Å². The lowest BCUT2D eigenvalue weighted by Crippen LogP contribution is -2.33. The van der Waals surface area contributed by atoms with E-state index in [1.807, 2.05) is 24.4 Å². The summed E-state index contributed by atoms with van der Waals surface area (Å²) in [4.78, 5) is 28.2. The van der Waals surface area contributed by atoms with E-state index in [1.54, 1.807) is 24.3 Å². The molecule has 2 aromatic carbocycles. The smallest absolute Gasteiger partial charge is 0.251 e. The van der Waals surface area contributed by atoms with Crippen molar-refractivity contribution >= 4 is 22.7 Å². The summed E-state index contributed by atoms with van der Waals surface area (Å²) in [5, 5.41) is 7.21. The summed E-state index contributed by atoms with van der Waals surface area (Å²) in [6.45, 7) is 0.541. The highest BCUT2D eigenvalue weighted by molar-refractivity contribution is 5.99. The van der Waals surface area contributed by atoms with Crippen LogP contribution < -0.4 is 10.6 Å². The zero-order valence-electron chi connectivity index (χ0n) is 15.8. The van der Waals surface area contributed by atoms with E-state index in [0.29, 0.717) is 17.7 Å². The van der Waals surface area contributed by atoms with Crippen LogP contribution in [0, 0.1) is 0 Å². The maximum atomic E-state index is 12.5. The molecular formula is C23H25N3O2. The molecule has 5 nitrogen and oxygen atoms in total. The number of carbonyl (C=O) groups excluding carboxylic acids is 2. The van der Waals surface area contributed by atoms with Gasteiger partial charge in [0, 0.05) is 40.8 Å². The van der Waals surface area contributed by atoms with Gasteiger partial charge in [0.1, 0.15) is 0 Å². The third-order valence-electron chi connectivity index (χ3n) is 5.43. The summed E-state index contributed by atoms with van der Waals surface area (Å²) in [5.74, 6) is -0.254. The summed E-state index contributed by atoms with van der Waals surface area (Å²) in [6, 6.07) is 15.3. The second-order valence-corrected chi connectivity index (χ2v) is 7.40. The molecule has 3 N–H and O–H groups in total. The fourth-order valence-corrected chi connectivity index (χ4v) is 3.89. The molecule has 1 aromatic heterocycles. The van der Waals surface area contributed by atoms with Gasteiger partial charge in [-0.05, 0) is 49.1 Å². The zero-order chi connectivity index (χ0) is 19.3. The van der Waals surface area contributed by atoms with Crippen molar-refractivity contribution in [1.82, 2.24) is 15.6 Å². The fraction of sp³-hybridized carbons (Fsp3) is 0.304. The Balaban J connectivity index is 1.34. The van der Waals surface area contributed by atoms with E-state index in [9.17, 15) is 9.59 Å². The molecular weight excluding hydrogens is 350 g/mol. The van der Waals surface area contributed by atoms with E-state index in [2.05, 4.69) is 21.7 Å². The molecule has 1 saturated carbocycles. The first-order valence-corrected chi connectivity index (χ1v) is 9.95. The van der Waals surface area contributed by atoms with E-state index < -0.39 is 0 Å². The lowest BCUT2D eigenvalue weighted by molar-refractivity contribution is 0.0938. The van der Waals surface area contributed by atoms with E-state index in [4.69, 9.17) is 0 Å². The highest BCUT2D eigenvalue weighted by atomic mass is 16.2. The van der Waals surface area contributed by atoms with E-state index >= 15 is 0 Å². The van der Waals surface area contributed by atoms with Gasteiger partial charge in [0.2, 0.25) is 0 Å². The molecule has 144 valence electrons. The minimum atomic E-state index is -0.157. The van der Waals surface area contributed by atoms with Gasteiger partial charge in [0.05, 0.1) is 0 Å². The number of para-hydroxylation sites is 1. The first-order valence-electron chi connectivity index (χ1n) is 9.95. The predicted molar refractivity (Wildman–Crippen MR) is 111 cm³/mol. The molecule has 1 aliphatic rings. The maximum Gasteiger partial charge on any atom is 0.251 e. The van der Waals surface area contributed by atoms with Crippen LogP contribution in [0.5, 0.6) is 0 Å². The Kier molecular flexibility index (Phi) is 5.42. The Morgan fingerprint density at radius 2 is 1.71 bits per heavy atom. The number of hydrogen-bond donors (Lipinski definition) is 3. The number of nitrogens with one attached hydrogen (secondary N) is 3. The van der Waals surface area contributed by atoms with Crippen LogP contribution in [-0.2, 0) is 6.42 Å². The van der Waals surface area contributed by atoms with Gasteiger partial charge in [0.25, 0.3) is 11.8 Å². The van der Waals surface area contributed by atoms with Crippen LogP contribution in [0.25, 0.3) is 10.9 Å². The van der Waals surface area contributed by atoms with E-state index in [0.717, 1.165) is 24.8 Å². The molecule has 4 rings (SSSR count). The molecule has 3 aromatic rings. The molecule has 0 spiro atoms. The Bertz CT molecular complexity index is 986. The molecule has 1 fully saturated rings. The molecule has 0 unspecified atom stereocenters. The van der Waals surface area contributed by atoms with Crippen LogP contribution in [-0.4, -0.2) is 29.4 Å². The SMILES string of the molecule is O=C(NCCc1c[nH]c2ccccc12)c1cccc(C(=O)NC2CCCC2)c1. The Hall–Kier alpha value is -3.08. The summed E-state index contributed by atoms with van der Waals surface area (Å²) in [5.41, 5.74) is 3.33. The van der Waals surface area contributed by atoms with Crippen LogP contribution in [0.15, 0.2) is 54.7 Å². The number of amides is 2. The van der Waals surface area contributed by atoms with Crippen molar-refractivity contribution in [3.8, 4) is 0 Å². The molecule has 1 heterocycles. The fourth-order valence-electron chi connectivity index (χ4n) is 3.89. The Labute approximate surface area is 164 Å². The number of benzene rings is 2. The summed E-state index contributed by atoms with van der Waals surface area (Å²) in [6.07, 6.45) is 7.16. The van der Waals surface area contributed by atoms with Crippen molar-refractivity contribution in [2.75, 3.05) is 6.54 Å². The number of aromatic nitrogens is 1. The maximum absolute atomic E-state index is 12.5. The average Bonchev–Trinajstić information content (AvgIpc) is 3.38. The van der Waals surface area contributed by atoms with Crippen molar-refractivity contribution in [3.05, 3.63) is 71.4 Å². The zero-order valence-corrected chi connectivity index (χ0v) is 15.8. The predicted octanol–water partition coefficient (Wildman–Crippen LogP) is 3.81. The number of carbonyl (C=O) groups is 2. The number of hydrogen-bond acceptors (Lipinski definition) is 2. The van der Waals surface area contributed by atoms with Gasteiger partial charge in [-0.1, -0.05) is 37.1 Å². The normalized spacial score (nSPS) is 14.3. The molecule has 28 heavy (non-hydrogen) atoms. The van der Waals surface area contributed by atoms with Crippen LogP contribution in [0.3, 0.4) is 0 Å². The molecule has 5 heteroatoms. The first-order chi connectivity index (χ1) is 13.7. The van der Waals surface area contributed by atoms with E-state index in [1.165, 1.54) is 23.8 Å². The largest absolute Gasteiger partial charge is 0.361 e. The number of aromatic amines is 1. The summed E-state index contributed by atoms with van der Waals surface area (Å²) in [7, 11) is 0. The second kappa shape index (κ2) is 8.30. The van der Waals surface area contributed by atoms with Crippen molar-refractivity contribution < 1.29 is 9.59 Å². The second-order valence-electron chi connectivity index (χ2n) is 7.40. The summed E-state index contributed by atoms with van der Waals surface area (Å²) >= 11 is 0. The van der Waals surface area contributed by atoms with Crippen molar-refractivity contribution in [2.45, 2.75) is 38.1 Å². The van der Waals surface area contributed by atoms with Crippen molar-refractivity contribution in [3.63, 3.8) is 0 Å². The van der Waals surface area contributed by atoms with Gasteiger partial charge in [-0.15, -0.1) is 0 Å². The van der Waals surface area contributed by atoms with Crippen LogP contribution in [0.1, 0.15) is 52.0 Å². The highest BCUT2D eigenvalue weighted by Gasteiger charge is 2.18. The number of rotatable bonds is 6. The van der Waals surface area contributed by atoms with Crippen LogP contribution >= 0.6 is 0 Å². The van der Waals surface area contributed by atoms with E-state index in [-0.39, 0.29) is 17.9 Å². The molecule has 2 amide bonds.